The topological polar surface area (TPSA) is 28.2 Å². The van der Waals surface area contributed by atoms with Crippen molar-refractivity contribution in [1.82, 2.24) is 10.3 Å². The minimum Gasteiger partial charge on any atom is -0.355 e. The van der Waals surface area contributed by atoms with Gasteiger partial charge >= 0.3 is 0 Å². The third-order valence-corrected chi connectivity index (χ3v) is 4.86. The molecule has 0 aliphatic carbocycles. The van der Waals surface area contributed by atoms with E-state index in [1.807, 2.05) is 18.2 Å². The number of halogens is 2. The van der Waals surface area contributed by atoms with Gasteiger partial charge in [-0.3, -0.25) is 0 Å². The lowest BCUT2D eigenvalue weighted by molar-refractivity contribution is 0.551. The molecule has 3 aromatic rings. The van der Waals surface area contributed by atoms with Gasteiger partial charge in [0.15, 0.2) is 0 Å². The summed E-state index contributed by atoms with van der Waals surface area (Å²) >= 11 is 5.93. The fraction of sp³-hybridized carbons (Fsp3) is 0.250. The van der Waals surface area contributed by atoms with Gasteiger partial charge in [-0.05, 0) is 42.3 Å². The van der Waals surface area contributed by atoms with Gasteiger partial charge in [0.05, 0.1) is 5.52 Å². The summed E-state index contributed by atoms with van der Waals surface area (Å²) in [5, 5.41) is 5.62. The van der Waals surface area contributed by atoms with Crippen molar-refractivity contribution in [3.05, 3.63) is 71.2 Å². The van der Waals surface area contributed by atoms with Crippen molar-refractivity contribution in [2.24, 2.45) is 0 Å². The van der Waals surface area contributed by atoms with E-state index in [0.29, 0.717) is 6.04 Å². The molecule has 0 bridgehead atoms. The lowest BCUT2D eigenvalue weighted by atomic mass is 10.2. The summed E-state index contributed by atoms with van der Waals surface area (Å²) in [6, 6.07) is 21.1. The number of aromatic nitrogens is 1. The molecule has 1 unspecified atom stereocenters. The van der Waals surface area contributed by atoms with E-state index in [9.17, 15) is 0 Å². The summed E-state index contributed by atoms with van der Waals surface area (Å²) in [6.45, 7) is 2.92. The molecular weight excluding hydrogens is 353 g/mol. The molecule has 4 rings (SSSR count). The molecule has 0 saturated carbocycles. The van der Waals surface area contributed by atoms with Crippen LogP contribution in [-0.4, -0.2) is 24.1 Å². The summed E-state index contributed by atoms with van der Waals surface area (Å²) in [5.74, 6) is 1.07. The van der Waals surface area contributed by atoms with Gasteiger partial charge in [0.25, 0.3) is 0 Å². The van der Waals surface area contributed by atoms with E-state index >= 15 is 0 Å². The highest BCUT2D eigenvalue weighted by Crippen LogP contribution is 2.22. The smallest absolute Gasteiger partial charge is 0.129 e. The van der Waals surface area contributed by atoms with E-state index in [0.717, 1.165) is 42.4 Å². The van der Waals surface area contributed by atoms with Crippen molar-refractivity contribution in [1.29, 1.82) is 0 Å². The number of pyridine rings is 1. The number of rotatable bonds is 4. The Morgan fingerprint density at radius 2 is 1.84 bits per heavy atom. The van der Waals surface area contributed by atoms with Gasteiger partial charge in [0.1, 0.15) is 5.82 Å². The second kappa shape index (κ2) is 8.05. The van der Waals surface area contributed by atoms with Crippen LogP contribution in [-0.2, 0) is 6.54 Å². The van der Waals surface area contributed by atoms with Crippen molar-refractivity contribution in [2.45, 2.75) is 19.0 Å². The molecule has 0 amide bonds. The Hall–Kier alpha value is -1.81. The first-order valence-corrected chi connectivity index (χ1v) is 8.74. The fourth-order valence-electron chi connectivity index (χ4n) is 3.23. The molecule has 25 heavy (non-hydrogen) atoms. The SMILES string of the molecule is Cl.Clc1ccc(CNC2CCN(c3ccc4ccccc4n3)C2)cc1. The van der Waals surface area contributed by atoms with Gasteiger partial charge in [0.2, 0.25) is 0 Å². The van der Waals surface area contributed by atoms with Crippen LogP contribution >= 0.6 is 24.0 Å². The Kier molecular flexibility index (Phi) is 5.79. The first-order chi connectivity index (χ1) is 11.8. The molecule has 1 saturated heterocycles. The van der Waals surface area contributed by atoms with Crippen molar-refractivity contribution < 1.29 is 0 Å². The normalized spacial score (nSPS) is 16.8. The average Bonchev–Trinajstić information content (AvgIpc) is 3.10. The molecule has 3 nitrogen and oxygen atoms in total. The molecule has 1 fully saturated rings. The van der Waals surface area contributed by atoms with Gasteiger partial charge in [-0.15, -0.1) is 12.4 Å². The van der Waals surface area contributed by atoms with Crippen LogP contribution in [0.3, 0.4) is 0 Å². The highest BCUT2D eigenvalue weighted by Gasteiger charge is 2.23. The van der Waals surface area contributed by atoms with E-state index in [1.165, 1.54) is 10.9 Å². The molecular formula is C20H21Cl2N3. The molecule has 1 atom stereocenters. The van der Waals surface area contributed by atoms with Crippen LogP contribution in [0, 0.1) is 0 Å². The summed E-state index contributed by atoms with van der Waals surface area (Å²) in [6.07, 6.45) is 1.14. The quantitative estimate of drug-likeness (QED) is 0.719. The Morgan fingerprint density at radius 1 is 1.04 bits per heavy atom. The minimum atomic E-state index is 0. The molecule has 2 heterocycles. The predicted molar refractivity (Wildman–Crippen MR) is 108 cm³/mol. The van der Waals surface area contributed by atoms with E-state index in [1.54, 1.807) is 0 Å². The van der Waals surface area contributed by atoms with Crippen LogP contribution in [0.5, 0.6) is 0 Å². The molecule has 1 aromatic heterocycles. The number of hydrogen-bond acceptors (Lipinski definition) is 3. The number of fused-ring (bicyclic) bond motifs is 1. The maximum Gasteiger partial charge on any atom is 0.129 e. The molecule has 130 valence electrons. The molecule has 0 spiro atoms. The molecule has 5 heteroatoms. The lowest BCUT2D eigenvalue weighted by Crippen LogP contribution is -2.32. The van der Waals surface area contributed by atoms with E-state index in [4.69, 9.17) is 16.6 Å². The molecule has 1 aliphatic rings. The van der Waals surface area contributed by atoms with Gasteiger partial charge < -0.3 is 10.2 Å². The minimum absolute atomic E-state index is 0. The second-order valence-electron chi connectivity index (χ2n) is 6.30. The van der Waals surface area contributed by atoms with Crippen LogP contribution in [0.1, 0.15) is 12.0 Å². The van der Waals surface area contributed by atoms with Crippen LogP contribution in [0.4, 0.5) is 5.82 Å². The Morgan fingerprint density at radius 3 is 2.68 bits per heavy atom. The first-order valence-electron chi connectivity index (χ1n) is 8.36. The summed E-state index contributed by atoms with van der Waals surface area (Å²) < 4.78 is 0. The van der Waals surface area contributed by atoms with Gasteiger partial charge in [0, 0.05) is 36.1 Å². The fourth-order valence-corrected chi connectivity index (χ4v) is 3.36. The number of benzene rings is 2. The number of hydrogen-bond donors (Lipinski definition) is 1. The van der Waals surface area contributed by atoms with E-state index < -0.39 is 0 Å². The Bertz CT molecular complexity index is 836. The van der Waals surface area contributed by atoms with Crippen molar-refractivity contribution >= 4 is 40.7 Å². The summed E-state index contributed by atoms with van der Waals surface area (Å²) in [7, 11) is 0. The largest absolute Gasteiger partial charge is 0.355 e. The number of para-hydroxylation sites is 1. The maximum atomic E-state index is 5.93. The van der Waals surface area contributed by atoms with Crippen LogP contribution in [0.25, 0.3) is 10.9 Å². The number of anilines is 1. The van der Waals surface area contributed by atoms with Crippen LogP contribution < -0.4 is 10.2 Å². The van der Waals surface area contributed by atoms with Gasteiger partial charge in [-0.1, -0.05) is 41.9 Å². The zero-order chi connectivity index (χ0) is 16.4. The highest BCUT2D eigenvalue weighted by atomic mass is 35.5. The summed E-state index contributed by atoms with van der Waals surface area (Å²) in [4.78, 5) is 7.17. The van der Waals surface area contributed by atoms with Crippen molar-refractivity contribution in [3.8, 4) is 0 Å². The number of nitrogens with zero attached hydrogens (tertiary/aromatic N) is 2. The van der Waals surface area contributed by atoms with Crippen molar-refractivity contribution in [3.63, 3.8) is 0 Å². The molecule has 0 radical (unpaired) electrons. The zero-order valence-corrected chi connectivity index (χ0v) is 15.4. The predicted octanol–water partition coefficient (Wildman–Crippen LogP) is 4.68. The monoisotopic (exact) mass is 373 g/mol. The van der Waals surface area contributed by atoms with E-state index in [-0.39, 0.29) is 12.4 Å². The van der Waals surface area contributed by atoms with Crippen LogP contribution in [0.2, 0.25) is 5.02 Å². The van der Waals surface area contributed by atoms with Crippen LogP contribution in [0.15, 0.2) is 60.7 Å². The third kappa shape index (κ3) is 4.24. The first kappa shape index (κ1) is 18.0. The average molecular weight is 374 g/mol. The second-order valence-corrected chi connectivity index (χ2v) is 6.74. The van der Waals surface area contributed by atoms with Gasteiger partial charge in [-0.25, -0.2) is 4.98 Å². The maximum absolute atomic E-state index is 5.93. The molecule has 2 aromatic carbocycles. The lowest BCUT2D eigenvalue weighted by Gasteiger charge is -2.18. The van der Waals surface area contributed by atoms with E-state index in [2.05, 4.69) is 52.7 Å². The Balaban J connectivity index is 0.00000182. The summed E-state index contributed by atoms with van der Waals surface area (Å²) in [5.41, 5.74) is 2.33. The van der Waals surface area contributed by atoms with Gasteiger partial charge in [-0.2, -0.15) is 0 Å². The zero-order valence-electron chi connectivity index (χ0n) is 13.9. The number of nitrogens with one attached hydrogen (secondary N) is 1. The van der Waals surface area contributed by atoms with Crippen molar-refractivity contribution in [2.75, 3.05) is 18.0 Å². The Labute approximate surface area is 159 Å². The molecule has 1 aliphatic heterocycles. The third-order valence-electron chi connectivity index (χ3n) is 4.60. The standard InChI is InChI=1S/C20H20ClN3.ClH/c21-17-8-5-15(6-9-17)13-22-18-11-12-24(14-18)20-10-7-16-3-1-2-4-19(16)23-20;/h1-10,18,22H,11-14H2;1H. The highest BCUT2D eigenvalue weighted by molar-refractivity contribution is 6.30. The molecule has 1 N–H and O–H groups in total.